The van der Waals surface area contributed by atoms with Crippen molar-refractivity contribution in [1.82, 2.24) is 5.32 Å². The van der Waals surface area contributed by atoms with Crippen molar-refractivity contribution in [2.75, 3.05) is 35.6 Å². The molecule has 2 atom stereocenters. The number of hydrogen-bond acceptors (Lipinski definition) is 4. The molecule has 0 bridgehead atoms. The number of para-hydroxylation sites is 1. The molecule has 1 saturated heterocycles. The molecule has 3 aliphatic heterocycles. The molecule has 0 saturated carbocycles. The van der Waals surface area contributed by atoms with E-state index < -0.39 is 0 Å². The predicted octanol–water partition coefficient (Wildman–Crippen LogP) is 4.19. The molecular formula is C20H23N3S. The second kappa shape index (κ2) is 6.01. The van der Waals surface area contributed by atoms with Gasteiger partial charge in [0.2, 0.25) is 0 Å². The molecule has 3 aliphatic rings. The van der Waals surface area contributed by atoms with E-state index in [2.05, 4.69) is 58.0 Å². The Morgan fingerprint density at radius 2 is 2.04 bits per heavy atom. The predicted molar refractivity (Wildman–Crippen MR) is 103 cm³/mol. The molecule has 124 valence electrons. The van der Waals surface area contributed by atoms with Gasteiger partial charge in [0.15, 0.2) is 0 Å². The number of hydrogen-bond donors (Lipinski definition) is 2. The molecule has 0 aromatic heterocycles. The summed E-state index contributed by atoms with van der Waals surface area (Å²) in [5, 5.41) is 7.26. The van der Waals surface area contributed by atoms with E-state index in [0.717, 1.165) is 13.1 Å². The number of benzene rings is 2. The maximum Gasteiger partial charge on any atom is 0.0565 e. The number of nitrogens with zero attached hydrogens (tertiary/aromatic N) is 1. The Morgan fingerprint density at radius 3 is 2.96 bits per heavy atom. The van der Waals surface area contributed by atoms with Crippen LogP contribution in [0.3, 0.4) is 0 Å². The Kier molecular flexibility index (Phi) is 3.68. The molecule has 2 N–H and O–H groups in total. The highest BCUT2D eigenvalue weighted by atomic mass is 32.2. The van der Waals surface area contributed by atoms with Gasteiger partial charge in [0.25, 0.3) is 0 Å². The van der Waals surface area contributed by atoms with Crippen molar-refractivity contribution in [3.63, 3.8) is 0 Å². The minimum atomic E-state index is 0.664. The van der Waals surface area contributed by atoms with E-state index in [-0.39, 0.29) is 0 Å². The Balaban J connectivity index is 1.60. The van der Waals surface area contributed by atoms with Crippen molar-refractivity contribution >= 4 is 28.8 Å². The monoisotopic (exact) mass is 337 g/mol. The van der Waals surface area contributed by atoms with Crippen LogP contribution in [0.1, 0.15) is 24.3 Å². The van der Waals surface area contributed by atoms with E-state index in [9.17, 15) is 0 Å². The Hall–Kier alpha value is -1.65. The van der Waals surface area contributed by atoms with E-state index >= 15 is 0 Å². The lowest BCUT2D eigenvalue weighted by atomic mass is 9.90. The van der Waals surface area contributed by atoms with Gasteiger partial charge in [-0.1, -0.05) is 24.3 Å². The van der Waals surface area contributed by atoms with Gasteiger partial charge in [0.05, 0.1) is 16.3 Å². The molecular weight excluding hydrogens is 314 g/mol. The SMILES string of the molecule is c1ccc(Nc2ccc3c4c2SCCCN4[C@H]2CCNC[C@@H]32)cc1. The second-order valence-electron chi connectivity index (χ2n) is 6.93. The lowest BCUT2D eigenvalue weighted by molar-refractivity contribution is 0.403. The summed E-state index contributed by atoms with van der Waals surface area (Å²) in [4.78, 5) is 4.19. The molecule has 0 amide bonds. The summed E-state index contributed by atoms with van der Waals surface area (Å²) in [6.07, 6.45) is 2.55. The fourth-order valence-corrected chi connectivity index (χ4v) is 5.61. The number of anilines is 3. The highest BCUT2D eigenvalue weighted by Gasteiger charge is 2.42. The van der Waals surface area contributed by atoms with Crippen molar-refractivity contribution < 1.29 is 0 Å². The minimum absolute atomic E-state index is 0.664. The first-order valence-corrected chi connectivity index (χ1v) is 9.99. The van der Waals surface area contributed by atoms with Gasteiger partial charge in [-0.25, -0.2) is 0 Å². The number of thioether (sulfide) groups is 1. The number of nitrogens with one attached hydrogen (secondary N) is 2. The van der Waals surface area contributed by atoms with Crippen LogP contribution in [0.4, 0.5) is 17.1 Å². The van der Waals surface area contributed by atoms with E-state index in [1.165, 1.54) is 47.1 Å². The first-order chi connectivity index (χ1) is 11.9. The zero-order chi connectivity index (χ0) is 15.9. The molecule has 1 fully saturated rings. The molecule has 5 rings (SSSR count). The molecule has 3 heterocycles. The zero-order valence-electron chi connectivity index (χ0n) is 13.8. The van der Waals surface area contributed by atoms with Gasteiger partial charge in [-0.2, -0.15) is 0 Å². The second-order valence-corrected chi connectivity index (χ2v) is 8.04. The molecule has 0 unspecified atom stereocenters. The van der Waals surface area contributed by atoms with Crippen molar-refractivity contribution in [3.8, 4) is 0 Å². The average molecular weight is 337 g/mol. The van der Waals surface area contributed by atoms with Crippen molar-refractivity contribution in [2.45, 2.75) is 29.7 Å². The zero-order valence-corrected chi connectivity index (χ0v) is 14.6. The quantitative estimate of drug-likeness (QED) is 0.859. The van der Waals surface area contributed by atoms with Crippen LogP contribution in [0.5, 0.6) is 0 Å². The first-order valence-electron chi connectivity index (χ1n) is 9.01. The highest BCUT2D eigenvalue weighted by molar-refractivity contribution is 7.99. The van der Waals surface area contributed by atoms with Crippen LogP contribution in [0, 0.1) is 0 Å². The van der Waals surface area contributed by atoms with Gasteiger partial charge >= 0.3 is 0 Å². The molecule has 2 aromatic rings. The minimum Gasteiger partial charge on any atom is -0.367 e. The smallest absolute Gasteiger partial charge is 0.0565 e. The summed E-state index contributed by atoms with van der Waals surface area (Å²) in [5.41, 5.74) is 5.53. The third-order valence-electron chi connectivity index (χ3n) is 5.54. The lowest BCUT2D eigenvalue weighted by Crippen LogP contribution is -2.44. The van der Waals surface area contributed by atoms with E-state index in [1.807, 2.05) is 11.8 Å². The number of fused-ring (bicyclic) bond motifs is 3. The first kappa shape index (κ1) is 14.7. The van der Waals surface area contributed by atoms with Crippen molar-refractivity contribution in [2.24, 2.45) is 0 Å². The van der Waals surface area contributed by atoms with Crippen LogP contribution in [0.2, 0.25) is 0 Å². The van der Waals surface area contributed by atoms with Crippen LogP contribution >= 0.6 is 11.8 Å². The van der Waals surface area contributed by atoms with Crippen molar-refractivity contribution in [1.29, 1.82) is 0 Å². The van der Waals surface area contributed by atoms with Crippen LogP contribution in [-0.4, -0.2) is 31.4 Å². The largest absolute Gasteiger partial charge is 0.367 e. The summed E-state index contributed by atoms with van der Waals surface area (Å²) < 4.78 is 0. The summed E-state index contributed by atoms with van der Waals surface area (Å²) in [6, 6.07) is 15.9. The van der Waals surface area contributed by atoms with E-state index in [0.29, 0.717) is 12.0 Å². The summed E-state index contributed by atoms with van der Waals surface area (Å²) in [6.45, 7) is 3.50. The molecule has 0 aliphatic carbocycles. The molecule has 0 radical (unpaired) electrons. The van der Waals surface area contributed by atoms with Gasteiger partial charge in [-0.15, -0.1) is 11.8 Å². The third-order valence-corrected chi connectivity index (χ3v) is 6.73. The number of rotatable bonds is 2. The van der Waals surface area contributed by atoms with Gasteiger partial charge in [0, 0.05) is 30.7 Å². The van der Waals surface area contributed by atoms with Crippen LogP contribution in [-0.2, 0) is 0 Å². The highest BCUT2D eigenvalue weighted by Crippen LogP contribution is 2.52. The Bertz CT molecular complexity index is 746. The van der Waals surface area contributed by atoms with Gasteiger partial charge < -0.3 is 15.5 Å². The van der Waals surface area contributed by atoms with Crippen LogP contribution < -0.4 is 15.5 Å². The molecule has 2 aromatic carbocycles. The maximum atomic E-state index is 3.65. The lowest BCUT2D eigenvalue weighted by Gasteiger charge is -2.33. The normalized spacial score (nSPS) is 24.9. The van der Waals surface area contributed by atoms with Gasteiger partial charge in [0.1, 0.15) is 0 Å². The van der Waals surface area contributed by atoms with Gasteiger partial charge in [-0.3, -0.25) is 0 Å². The average Bonchev–Trinajstić information content (AvgIpc) is 2.78. The van der Waals surface area contributed by atoms with Crippen LogP contribution in [0.25, 0.3) is 0 Å². The van der Waals surface area contributed by atoms with Crippen LogP contribution in [0.15, 0.2) is 47.4 Å². The maximum absolute atomic E-state index is 3.65. The molecule has 3 nitrogen and oxygen atoms in total. The summed E-state index contributed by atoms with van der Waals surface area (Å²) in [5.74, 6) is 1.88. The fraction of sp³-hybridized carbons (Fsp3) is 0.400. The standard InChI is InChI=1S/C20H23N3S/c1-2-5-14(6-3-1)22-17-8-7-15-16-13-21-10-9-18(16)23-11-4-12-24-20(17)19(15)23/h1-3,5-8,16,18,21-22H,4,9-13H2/t16-,18-/m0/s1. The summed E-state index contributed by atoms with van der Waals surface area (Å²) in [7, 11) is 0. The Morgan fingerprint density at radius 1 is 1.12 bits per heavy atom. The summed E-state index contributed by atoms with van der Waals surface area (Å²) >= 11 is 2.03. The Labute approximate surface area is 147 Å². The van der Waals surface area contributed by atoms with E-state index in [4.69, 9.17) is 0 Å². The van der Waals surface area contributed by atoms with Crippen molar-refractivity contribution in [3.05, 3.63) is 48.0 Å². The number of piperidine rings is 1. The molecule has 4 heteroatoms. The van der Waals surface area contributed by atoms with Gasteiger partial charge in [-0.05, 0) is 48.9 Å². The fourth-order valence-electron chi connectivity index (χ4n) is 4.49. The molecule has 0 spiro atoms. The topological polar surface area (TPSA) is 27.3 Å². The third kappa shape index (κ3) is 2.32. The van der Waals surface area contributed by atoms with E-state index in [1.54, 1.807) is 5.56 Å². The molecule has 24 heavy (non-hydrogen) atoms.